The van der Waals surface area contributed by atoms with Crippen molar-refractivity contribution in [3.63, 3.8) is 0 Å². The van der Waals surface area contributed by atoms with Gasteiger partial charge in [0.2, 0.25) is 0 Å². The van der Waals surface area contributed by atoms with E-state index in [2.05, 4.69) is 31.0 Å². The summed E-state index contributed by atoms with van der Waals surface area (Å²) in [5.41, 5.74) is 7.57. The van der Waals surface area contributed by atoms with Crippen molar-refractivity contribution >= 4 is 11.7 Å². The van der Waals surface area contributed by atoms with E-state index >= 15 is 0 Å². The number of carbonyl (C=O) groups excluding carboxylic acids is 1. The first-order chi connectivity index (χ1) is 9.38. The normalized spacial score (nSPS) is 13.7. The zero-order chi connectivity index (χ0) is 15.2. The maximum Gasteiger partial charge on any atom is 0.325 e. The minimum Gasteiger partial charge on any atom is -0.468 e. The Morgan fingerprint density at radius 3 is 2.60 bits per heavy atom. The van der Waals surface area contributed by atoms with Crippen LogP contribution in [0.3, 0.4) is 0 Å². The molecule has 1 unspecified atom stereocenters. The Morgan fingerprint density at radius 2 is 2.00 bits per heavy atom. The summed E-state index contributed by atoms with van der Waals surface area (Å²) in [6.07, 6.45) is 2.54. The highest BCUT2D eigenvalue weighted by atomic mass is 16.5. The van der Waals surface area contributed by atoms with Gasteiger partial charge in [0, 0.05) is 19.3 Å². The van der Waals surface area contributed by atoms with Gasteiger partial charge in [-0.05, 0) is 44.7 Å². The number of methoxy groups -OCH3 is 1. The Balaban J connectivity index is 2.38. The lowest BCUT2D eigenvalue weighted by molar-refractivity contribution is -0.146. The molecule has 1 atom stereocenters. The SMILES string of the molecule is COC(=O)C(C)(N)CCCCN(C)c1ccccc1C. The average molecular weight is 278 g/mol. The number of nitrogens with two attached hydrogens (primary N) is 1. The maximum absolute atomic E-state index is 11.5. The Morgan fingerprint density at radius 1 is 1.35 bits per heavy atom. The van der Waals surface area contributed by atoms with Crippen LogP contribution in [0.2, 0.25) is 0 Å². The number of hydrogen-bond acceptors (Lipinski definition) is 4. The Kier molecular flexibility index (Phi) is 6.02. The van der Waals surface area contributed by atoms with Gasteiger partial charge in [-0.3, -0.25) is 4.79 Å². The molecule has 112 valence electrons. The van der Waals surface area contributed by atoms with Gasteiger partial charge in [-0.15, -0.1) is 0 Å². The number of hydrogen-bond donors (Lipinski definition) is 1. The minimum absolute atomic E-state index is 0.343. The molecule has 0 spiro atoms. The number of anilines is 1. The molecule has 0 fully saturated rings. The number of nitrogens with zero attached hydrogens (tertiary/aromatic N) is 1. The van der Waals surface area contributed by atoms with E-state index in [1.807, 2.05) is 12.1 Å². The highest BCUT2D eigenvalue weighted by molar-refractivity contribution is 5.79. The summed E-state index contributed by atoms with van der Waals surface area (Å²) in [4.78, 5) is 13.7. The molecule has 0 saturated heterocycles. The van der Waals surface area contributed by atoms with Gasteiger partial charge in [0.25, 0.3) is 0 Å². The van der Waals surface area contributed by atoms with Crippen LogP contribution < -0.4 is 10.6 Å². The Hall–Kier alpha value is -1.55. The number of unbranched alkanes of at least 4 members (excludes halogenated alkanes) is 1. The average Bonchev–Trinajstić information content (AvgIpc) is 2.42. The monoisotopic (exact) mass is 278 g/mol. The van der Waals surface area contributed by atoms with Crippen LogP contribution in [0, 0.1) is 6.92 Å². The van der Waals surface area contributed by atoms with E-state index in [1.54, 1.807) is 6.92 Å². The van der Waals surface area contributed by atoms with E-state index in [-0.39, 0.29) is 5.97 Å². The molecule has 1 aromatic rings. The predicted molar refractivity (Wildman–Crippen MR) is 82.9 cm³/mol. The molecule has 0 aliphatic rings. The molecule has 0 bridgehead atoms. The molecule has 0 heterocycles. The highest BCUT2D eigenvalue weighted by Crippen LogP contribution is 2.19. The van der Waals surface area contributed by atoms with E-state index in [9.17, 15) is 4.79 Å². The van der Waals surface area contributed by atoms with Crippen molar-refractivity contribution in [1.82, 2.24) is 0 Å². The molecule has 2 N–H and O–H groups in total. The smallest absolute Gasteiger partial charge is 0.325 e. The molecule has 0 saturated carbocycles. The van der Waals surface area contributed by atoms with Gasteiger partial charge in [0.1, 0.15) is 5.54 Å². The summed E-state index contributed by atoms with van der Waals surface area (Å²) in [6.45, 7) is 4.78. The number of aryl methyl sites for hydroxylation is 1. The van der Waals surface area contributed by atoms with Gasteiger partial charge in [-0.1, -0.05) is 18.2 Å². The molecule has 1 rings (SSSR count). The van der Waals surface area contributed by atoms with Crippen LogP contribution in [0.15, 0.2) is 24.3 Å². The molecule has 0 radical (unpaired) electrons. The van der Waals surface area contributed by atoms with E-state index in [1.165, 1.54) is 18.4 Å². The topological polar surface area (TPSA) is 55.6 Å². The van der Waals surface area contributed by atoms with Crippen LogP contribution in [0.25, 0.3) is 0 Å². The first-order valence-corrected chi connectivity index (χ1v) is 7.02. The largest absolute Gasteiger partial charge is 0.468 e. The lowest BCUT2D eigenvalue weighted by Gasteiger charge is -2.24. The van der Waals surface area contributed by atoms with E-state index in [0.29, 0.717) is 6.42 Å². The molecule has 4 heteroatoms. The van der Waals surface area contributed by atoms with Gasteiger partial charge < -0.3 is 15.4 Å². The van der Waals surface area contributed by atoms with Crippen LogP contribution in [0.5, 0.6) is 0 Å². The fraction of sp³-hybridized carbons (Fsp3) is 0.562. The standard InChI is InChI=1S/C16H26N2O2/c1-13-9-5-6-10-14(13)18(3)12-8-7-11-16(2,17)15(19)20-4/h5-6,9-10H,7-8,11-12,17H2,1-4H3. The number of benzene rings is 1. The first-order valence-electron chi connectivity index (χ1n) is 7.02. The Bertz CT molecular complexity index is 444. The van der Waals surface area contributed by atoms with Gasteiger partial charge in [0.15, 0.2) is 0 Å². The van der Waals surface area contributed by atoms with Crippen molar-refractivity contribution in [2.24, 2.45) is 5.73 Å². The second kappa shape index (κ2) is 7.29. The minimum atomic E-state index is -0.879. The molecule has 20 heavy (non-hydrogen) atoms. The molecule has 0 aliphatic carbocycles. The van der Waals surface area contributed by atoms with Gasteiger partial charge in [-0.2, -0.15) is 0 Å². The summed E-state index contributed by atoms with van der Waals surface area (Å²) in [5, 5.41) is 0. The van der Waals surface area contributed by atoms with Crippen molar-refractivity contribution in [3.8, 4) is 0 Å². The molecule has 4 nitrogen and oxygen atoms in total. The van der Waals surface area contributed by atoms with Crippen molar-refractivity contribution in [2.75, 3.05) is 25.6 Å². The number of rotatable bonds is 7. The quantitative estimate of drug-likeness (QED) is 0.615. The second-order valence-electron chi connectivity index (χ2n) is 5.57. The van der Waals surface area contributed by atoms with Crippen LogP contribution >= 0.6 is 0 Å². The fourth-order valence-electron chi connectivity index (χ4n) is 2.29. The zero-order valence-corrected chi connectivity index (χ0v) is 13.0. The number of esters is 1. The Labute approximate surface area is 121 Å². The third-order valence-corrected chi connectivity index (χ3v) is 3.62. The van der Waals surface area contributed by atoms with E-state index in [4.69, 9.17) is 10.5 Å². The number of para-hydroxylation sites is 1. The number of ether oxygens (including phenoxy) is 1. The van der Waals surface area contributed by atoms with Crippen LogP contribution in [-0.4, -0.2) is 32.2 Å². The summed E-state index contributed by atoms with van der Waals surface area (Å²) in [5.74, 6) is -0.343. The number of carbonyl (C=O) groups is 1. The van der Waals surface area contributed by atoms with Crippen molar-refractivity contribution < 1.29 is 9.53 Å². The summed E-state index contributed by atoms with van der Waals surface area (Å²) < 4.78 is 4.70. The molecule has 1 aromatic carbocycles. The van der Waals surface area contributed by atoms with Crippen molar-refractivity contribution in [3.05, 3.63) is 29.8 Å². The zero-order valence-electron chi connectivity index (χ0n) is 13.0. The van der Waals surface area contributed by atoms with Crippen LogP contribution in [0.4, 0.5) is 5.69 Å². The second-order valence-corrected chi connectivity index (χ2v) is 5.57. The summed E-state index contributed by atoms with van der Waals surface area (Å²) >= 11 is 0. The highest BCUT2D eigenvalue weighted by Gasteiger charge is 2.28. The molecular formula is C16H26N2O2. The molecular weight excluding hydrogens is 252 g/mol. The van der Waals surface area contributed by atoms with Gasteiger partial charge >= 0.3 is 5.97 Å². The van der Waals surface area contributed by atoms with Crippen LogP contribution in [-0.2, 0) is 9.53 Å². The third kappa shape index (κ3) is 4.53. The first kappa shape index (κ1) is 16.5. The van der Waals surface area contributed by atoms with E-state index < -0.39 is 5.54 Å². The molecule has 0 amide bonds. The summed E-state index contributed by atoms with van der Waals surface area (Å²) in [7, 11) is 3.46. The fourth-order valence-corrected chi connectivity index (χ4v) is 2.29. The van der Waals surface area contributed by atoms with Crippen molar-refractivity contribution in [1.29, 1.82) is 0 Å². The van der Waals surface area contributed by atoms with Crippen LogP contribution in [0.1, 0.15) is 31.7 Å². The predicted octanol–water partition coefficient (Wildman–Crippen LogP) is 2.49. The van der Waals surface area contributed by atoms with Gasteiger partial charge in [0.05, 0.1) is 7.11 Å². The lowest BCUT2D eigenvalue weighted by atomic mass is 9.96. The molecule has 0 aliphatic heterocycles. The van der Waals surface area contributed by atoms with E-state index in [0.717, 1.165) is 19.4 Å². The van der Waals surface area contributed by atoms with Gasteiger partial charge in [-0.25, -0.2) is 0 Å². The summed E-state index contributed by atoms with van der Waals surface area (Å²) in [6, 6.07) is 8.33. The van der Waals surface area contributed by atoms with Crippen molar-refractivity contribution in [2.45, 2.75) is 38.6 Å². The lowest BCUT2D eigenvalue weighted by Crippen LogP contribution is -2.45. The maximum atomic E-state index is 11.5. The third-order valence-electron chi connectivity index (χ3n) is 3.62. The molecule has 0 aromatic heterocycles.